The zero-order valence-electron chi connectivity index (χ0n) is 18.9. The maximum absolute atomic E-state index is 12.8. The highest BCUT2D eigenvalue weighted by Crippen LogP contribution is 2.29. The number of amidine groups is 2. The lowest BCUT2D eigenvalue weighted by molar-refractivity contribution is -0.114. The van der Waals surface area contributed by atoms with Gasteiger partial charge in [-0.1, -0.05) is 48.5 Å². The van der Waals surface area contributed by atoms with E-state index in [-0.39, 0.29) is 18.0 Å². The Balaban J connectivity index is 1.37. The number of para-hydroxylation sites is 1. The van der Waals surface area contributed by atoms with Crippen molar-refractivity contribution in [2.45, 2.75) is 20.4 Å². The number of nitrogens with one attached hydrogen (secondary N) is 1. The molecule has 8 heteroatoms. The fourth-order valence-corrected chi connectivity index (χ4v) is 4.69. The van der Waals surface area contributed by atoms with Crippen LogP contribution in [0.15, 0.2) is 82.4 Å². The summed E-state index contributed by atoms with van der Waals surface area (Å²) in [5, 5.41) is 15.5. The molecular weight excluding hydrogens is 446 g/mol. The van der Waals surface area contributed by atoms with Crippen LogP contribution in [-0.2, 0) is 11.3 Å². The summed E-state index contributed by atoms with van der Waals surface area (Å²) in [6, 6.07) is 21.7. The van der Waals surface area contributed by atoms with E-state index in [1.54, 1.807) is 6.08 Å². The van der Waals surface area contributed by atoms with E-state index in [4.69, 9.17) is 10.1 Å². The summed E-state index contributed by atoms with van der Waals surface area (Å²) in [5.41, 5.74) is 4.43. The second-order valence-electron chi connectivity index (χ2n) is 8.01. The standard InChI is InChI=1S/C26H23N5O2S/c1-17-13-20(18(2)30(17)15-19-9-5-3-6-10-19)14-22-24(27)31-26(28-25(22)32)34-23(29-31)16-33-21-11-7-4-8-12-21/h3-14,27H,15-16H2,1-2H3. The normalized spacial score (nSPS) is 16.5. The molecule has 0 saturated heterocycles. The van der Waals surface area contributed by atoms with Gasteiger partial charge in [-0.05, 0) is 61.0 Å². The van der Waals surface area contributed by atoms with Crippen LogP contribution in [0.2, 0.25) is 0 Å². The molecule has 1 amide bonds. The number of ether oxygens (including phenoxy) is 1. The van der Waals surface area contributed by atoms with Crippen molar-refractivity contribution in [2.75, 3.05) is 6.61 Å². The van der Waals surface area contributed by atoms with Crippen molar-refractivity contribution in [2.24, 2.45) is 10.1 Å². The average molecular weight is 470 g/mol. The second kappa shape index (κ2) is 9.15. The Morgan fingerprint density at radius 1 is 1.06 bits per heavy atom. The Morgan fingerprint density at radius 2 is 1.76 bits per heavy atom. The molecule has 170 valence electrons. The Hall–Kier alpha value is -3.91. The molecule has 7 nitrogen and oxygen atoms in total. The predicted molar refractivity (Wildman–Crippen MR) is 136 cm³/mol. The van der Waals surface area contributed by atoms with Crippen LogP contribution in [0.3, 0.4) is 0 Å². The third-order valence-electron chi connectivity index (χ3n) is 5.70. The molecular formula is C26H23N5O2S. The van der Waals surface area contributed by atoms with Crippen molar-refractivity contribution in [3.63, 3.8) is 0 Å². The van der Waals surface area contributed by atoms with Crippen LogP contribution in [0.1, 0.15) is 22.5 Å². The van der Waals surface area contributed by atoms with E-state index >= 15 is 0 Å². The number of aryl methyl sites for hydroxylation is 1. The topological polar surface area (TPSA) is 83.0 Å². The van der Waals surface area contributed by atoms with E-state index in [9.17, 15) is 4.79 Å². The van der Waals surface area contributed by atoms with E-state index in [2.05, 4.69) is 26.8 Å². The van der Waals surface area contributed by atoms with E-state index in [0.717, 1.165) is 29.2 Å². The van der Waals surface area contributed by atoms with Gasteiger partial charge in [0.05, 0.1) is 5.57 Å². The zero-order chi connectivity index (χ0) is 23.7. The SMILES string of the molecule is Cc1cc(C=C2C(=N)N3N=C(COc4ccccc4)SC3=NC2=O)c(C)n1Cc1ccccc1. The summed E-state index contributed by atoms with van der Waals surface area (Å²) in [6.45, 7) is 5.05. The summed E-state index contributed by atoms with van der Waals surface area (Å²) in [4.78, 5) is 17.0. The molecule has 1 N–H and O–H groups in total. The van der Waals surface area contributed by atoms with Crippen LogP contribution < -0.4 is 4.74 Å². The van der Waals surface area contributed by atoms with Crippen LogP contribution in [0, 0.1) is 19.3 Å². The molecule has 0 fully saturated rings. The molecule has 0 aliphatic carbocycles. The lowest BCUT2D eigenvalue weighted by atomic mass is 10.1. The summed E-state index contributed by atoms with van der Waals surface area (Å²) in [7, 11) is 0. The molecule has 5 rings (SSSR count). The van der Waals surface area contributed by atoms with Gasteiger partial charge in [-0.3, -0.25) is 10.2 Å². The number of hydrazone groups is 1. The molecule has 2 aromatic carbocycles. The van der Waals surface area contributed by atoms with Gasteiger partial charge in [-0.25, -0.2) is 0 Å². The molecule has 3 heterocycles. The minimum atomic E-state index is -0.433. The lowest BCUT2D eigenvalue weighted by Crippen LogP contribution is -2.35. The Labute approximate surface area is 202 Å². The number of amides is 1. The largest absolute Gasteiger partial charge is 0.487 e. The minimum Gasteiger partial charge on any atom is -0.487 e. The quantitative estimate of drug-likeness (QED) is 0.523. The molecule has 0 atom stereocenters. The molecule has 2 aliphatic rings. The maximum Gasteiger partial charge on any atom is 0.283 e. The number of rotatable bonds is 6. The summed E-state index contributed by atoms with van der Waals surface area (Å²) in [6.07, 6.45) is 1.74. The first-order chi connectivity index (χ1) is 16.5. The number of aliphatic imine (C=N–C) groups is 1. The van der Waals surface area contributed by atoms with E-state index in [1.807, 2.05) is 68.4 Å². The van der Waals surface area contributed by atoms with Gasteiger partial charge in [0.1, 0.15) is 17.4 Å². The van der Waals surface area contributed by atoms with Gasteiger partial charge in [0.25, 0.3) is 5.91 Å². The number of hydrogen-bond acceptors (Lipinski definition) is 5. The van der Waals surface area contributed by atoms with Gasteiger partial charge < -0.3 is 9.30 Å². The van der Waals surface area contributed by atoms with Crippen molar-refractivity contribution < 1.29 is 9.53 Å². The number of nitrogens with zero attached hydrogens (tertiary/aromatic N) is 4. The fourth-order valence-electron chi connectivity index (χ4n) is 3.89. The van der Waals surface area contributed by atoms with Crippen LogP contribution in [0.25, 0.3) is 6.08 Å². The van der Waals surface area contributed by atoms with E-state index in [1.165, 1.54) is 22.3 Å². The molecule has 0 bridgehead atoms. The van der Waals surface area contributed by atoms with Gasteiger partial charge >= 0.3 is 0 Å². The highest BCUT2D eigenvalue weighted by molar-refractivity contribution is 8.27. The van der Waals surface area contributed by atoms with Crippen LogP contribution in [0.4, 0.5) is 0 Å². The fraction of sp³-hybridized carbons (Fsp3) is 0.154. The molecule has 0 unspecified atom stereocenters. The predicted octanol–water partition coefficient (Wildman–Crippen LogP) is 4.85. The highest BCUT2D eigenvalue weighted by atomic mass is 32.2. The van der Waals surface area contributed by atoms with Gasteiger partial charge in [0.2, 0.25) is 5.17 Å². The number of benzene rings is 2. The Morgan fingerprint density at radius 3 is 2.50 bits per heavy atom. The van der Waals surface area contributed by atoms with Crippen molar-refractivity contribution in [3.8, 4) is 5.75 Å². The van der Waals surface area contributed by atoms with Gasteiger partial charge in [0, 0.05) is 17.9 Å². The first-order valence-electron chi connectivity index (χ1n) is 10.9. The number of aromatic nitrogens is 1. The average Bonchev–Trinajstić information content (AvgIpc) is 3.37. The summed E-state index contributed by atoms with van der Waals surface area (Å²) >= 11 is 1.25. The summed E-state index contributed by atoms with van der Waals surface area (Å²) in [5.74, 6) is 0.317. The molecule has 3 aromatic rings. The molecule has 0 spiro atoms. The van der Waals surface area contributed by atoms with Crippen LogP contribution in [0.5, 0.6) is 5.75 Å². The Kier molecular flexibility index (Phi) is 5.90. The number of fused-ring (bicyclic) bond motifs is 1. The molecule has 0 radical (unpaired) electrons. The first-order valence-corrected chi connectivity index (χ1v) is 11.7. The van der Waals surface area contributed by atoms with Gasteiger partial charge in [-0.15, -0.1) is 0 Å². The van der Waals surface area contributed by atoms with Crippen LogP contribution in [-0.4, -0.2) is 38.1 Å². The smallest absolute Gasteiger partial charge is 0.283 e. The van der Waals surface area contributed by atoms with Gasteiger partial charge in [0.15, 0.2) is 5.84 Å². The number of hydrogen-bond donors (Lipinski definition) is 1. The number of thioether (sulfide) groups is 1. The zero-order valence-corrected chi connectivity index (χ0v) is 19.7. The highest BCUT2D eigenvalue weighted by Gasteiger charge is 2.36. The van der Waals surface area contributed by atoms with Crippen molar-refractivity contribution >= 4 is 39.8 Å². The van der Waals surface area contributed by atoms with Crippen molar-refractivity contribution in [1.82, 2.24) is 9.58 Å². The maximum atomic E-state index is 12.8. The van der Waals surface area contributed by atoms with E-state index in [0.29, 0.717) is 10.2 Å². The second-order valence-corrected chi connectivity index (χ2v) is 9.05. The third kappa shape index (κ3) is 4.32. The number of carbonyl (C=O) groups excluding carboxylic acids is 1. The first kappa shape index (κ1) is 21.9. The minimum absolute atomic E-state index is 0.0186. The van der Waals surface area contributed by atoms with E-state index < -0.39 is 5.91 Å². The van der Waals surface area contributed by atoms with Crippen molar-refractivity contribution in [3.05, 3.63) is 94.8 Å². The lowest BCUT2D eigenvalue weighted by Gasteiger charge is -2.20. The molecule has 1 aromatic heterocycles. The van der Waals surface area contributed by atoms with Crippen LogP contribution >= 0.6 is 11.8 Å². The Bertz CT molecular complexity index is 1360. The summed E-state index contributed by atoms with van der Waals surface area (Å²) < 4.78 is 7.96. The number of carbonyl (C=O) groups is 1. The third-order valence-corrected chi connectivity index (χ3v) is 6.58. The monoisotopic (exact) mass is 469 g/mol. The van der Waals surface area contributed by atoms with Gasteiger partial charge in [-0.2, -0.15) is 15.1 Å². The molecule has 34 heavy (non-hydrogen) atoms. The van der Waals surface area contributed by atoms with Crippen molar-refractivity contribution in [1.29, 1.82) is 5.41 Å². The molecule has 2 aliphatic heterocycles. The molecule has 0 saturated carbocycles.